The Morgan fingerprint density at radius 3 is 2.34 bits per heavy atom. The molecule has 1 atom stereocenters. The molecule has 7 heteroatoms. The number of para-hydroxylation sites is 1. The molecule has 0 bridgehead atoms. The Labute approximate surface area is 193 Å². The maximum absolute atomic E-state index is 13.9. The highest BCUT2D eigenvalue weighted by molar-refractivity contribution is 7.92. The van der Waals surface area contributed by atoms with E-state index >= 15 is 0 Å². The highest BCUT2D eigenvalue weighted by atomic mass is 35.5. The minimum atomic E-state index is -3.99. The molecule has 0 spiro atoms. The highest BCUT2D eigenvalue weighted by Gasteiger charge is 2.40. The van der Waals surface area contributed by atoms with E-state index in [1.54, 1.807) is 24.3 Å². The molecule has 1 unspecified atom stereocenters. The summed E-state index contributed by atoms with van der Waals surface area (Å²) in [6.07, 6.45) is 1.59. The van der Waals surface area contributed by atoms with Gasteiger partial charge in [0.05, 0.1) is 29.7 Å². The minimum Gasteiger partial charge on any atom is -0.466 e. The normalized spacial score (nSPS) is 15.1. The minimum absolute atomic E-state index is 0.0815. The van der Waals surface area contributed by atoms with Gasteiger partial charge >= 0.3 is 5.97 Å². The fourth-order valence-corrected chi connectivity index (χ4v) is 5.75. The number of ether oxygens (including phenoxy) is 1. The smallest absolute Gasteiger partial charge is 0.308 e. The predicted molar refractivity (Wildman–Crippen MR) is 126 cm³/mol. The van der Waals surface area contributed by atoms with Gasteiger partial charge in [-0.25, -0.2) is 8.42 Å². The van der Waals surface area contributed by atoms with Crippen LogP contribution in [-0.2, 0) is 19.6 Å². The Bertz CT molecular complexity index is 1220. The summed E-state index contributed by atoms with van der Waals surface area (Å²) in [5.41, 5.74) is 3.02. The summed E-state index contributed by atoms with van der Waals surface area (Å²) in [4.78, 5) is 12.8. The second-order valence-corrected chi connectivity index (χ2v) is 9.90. The van der Waals surface area contributed by atoms with Crippen LogP contribution in [0.1, 0.15) is 37.8 Å². The molecule has 32 heavy (non-hydrogen) atoms. The van der Waals surface area contributed by atoms with E-state index in [4.69, 9.17) is 16.3 Å². The zero-order valence-corrected chi connectivity index (χ0v) is 19.3. The lowest BCUT2D eigenvalue weighted by Gasteiger charge is -2.38. The second-order valence-electron chi connectivity index (χ2n) is 7.65. The van der Waals surface area contributed by atoms with Gasteiger partial charge in [-0.3, -0.25) is 9.10 Å². The van der Waals surface area contributed by atoms with Crippen LogP contribution in [0.2, 0.25) is 5.02 Å². The molecular formula is C25H24ClNO4S. The number of fused-ring (bicyclic) bond motifs is 3. The van der Waals surface area contributed by atoms with Crippen molar-refractivity contribution in [3.8, 4) is 11.1 Å². The van der Waals surface area contributed by atoms with E-state index in [1.165, 1.54) is 16.4 Å². The molecule has 0 saturated heterocycles. The van der Waals surface area contributed by atoms with Gasteiger partial charge in [-0.15, -0.1) is 0 Å². The summed E-state index contributed by atoms with van der Waals surface area (Å²) in [6.45, 7) is 2.34. The quantitative estimate of drug-likeness (QED) is 0.315. The Morgan fingerprint density at radius 2 is 1.62 bits per heavy atom. The average Bonchev–Trinajstić information content (AvgIpc) is 2.79. The third kappa shape index (κ3) is 4.25. The third-order valence-electron chi connectivity index (χ3n) is 5.53. The molecule has 3 aromatic rings. The van der Waals surface area contributed by atoms with E-state index < -0.39 is 22.0 Å². The molecule has 1 aliphatic rings. The van der Waals surface area contributed by atoms with Crippen LogP contribution in [0.4, 0.5) is 5.69 Å². The number of hydrogen-bond acceptors (Lipinski definition) is 4. The summed E-state index contributed by atoms with van der Waals surface area (Å²) < 4.78 is 34.5. The molecule has 0 fully saturated rings. The summed E-state index contributed by atoms with van der Waals surface area (Å²) in [5.74, 6) is -0.422. The van der Waals surface area contributed by atoms with Gasteiger partial charge in [0.2, 0.25) is 0 Å². The first-order chi connectivity index (χ1) is 15.4. The van der Waals surface area contributed by atoms with E-state index in [0.717, 1.165) is 29.5 Å². The van der Waals surface area contributed by atoms with E-state index in [-0.39, 0.29) is 11.3 Å². The summed E-state index contributed by atoms with van der Waals surface area (Å²) in [6, 6.07) is 20.3. The van der Waals surface area contributed by atoms with Crippen molar-refractivity contribution in [1.29, 1.82) is 0 Å². The number of esters is 1. The maximum atomic E-state index is 13.9. The van der Waals surface area contributed by atoms with Gasteiger partial charge in [0.15, 0.2) is 0 Å². The molecule has 166 valence electrons. The van der Waals surface area contributed by atoms with Crippen molar-refractivity contribution in [2.75, 3.05) is 10.9 Å². The molecule has 0 aromatic heterocycles. The van der Waals surface area contributed by atoms with Crippen molar-refractivity contribution in [3.63, 3.8) is 0 Å². The van der Waals surface area contributed by atoms with E-state index in [1.807, 2.05) is 43.3 Å². The zero-order chi connectivity index (χ0) is 22.7. The largest absolute Gasteiger partial charge is 0.466 e. The van der Waals surface area contributed by atoms with Crippen molar-refractivity contribution in [2.45, 2.75) is 37.1 Å². The molecule has 1 heterocycles. The Hall–Kier alpha value is -2.83. The number of hydrogen-bond donors (Lipinski definition) is 0. The number of halogens is 1. The van der Waals surface area contributed by atoms with Crippen molar-refractivity contribution in [2.24, 2.45) is 0 Å². The third-order valence-corrected chi connectivity index (χ3v) is 7.61. The van der Waals surface area contributed by atoms with Crippen LogP contribution in [0.15, 0.2) is 77.7 Å². The Kier molecular flexibility index (Phi) is 6.53. The highest BCUT2D eigenvalue weighted by Crippen LogP contribution is 2.48. The lowest BCUT2D eigenvalue weighted by atomic mass is 9.88. The van der Waals surface area contributed by atoms with Gasteiger partial charge in [0.25, 0.3) is 10.0 Å². The van der Waals surface area contributed by atoms with Crippen molar-refractivity contribution < 1.29 is 17.9 Å². The van der Waals surface area contributed by atoms with Crippen LogP contribution < -0.4 is 4.31 Å². The monoisotopic (exact) mass is 469 g/mol. The predicted octanol–water partition coefficient (Wildman–Crippen LogP) is 5.99. The maximum Gasteiger partial charge on any atom is 0.308 e. The molecule has 0 saturated carbocycles. The molecule has 0 N–H and O–H groups in total. The number of unbranched alkanes of at least 4 members (excludes halogenated alkanes) is 1. The van der Waals surface area contributed by atoms with Gasteiger partial charge in [-0.2, -0.15) is 0 Å². The number of sulfonamides is 1. The van der Waals surface area contributed by atoms with Gasteiger partial charge in [-0.1, -0.05) is 67.4 Å². The zero-order valence-electron chi connectivity index (χ0n) is 17.7. The van der Waals surface area contributed by atoms with E-state index in [2.05, 4.69) is 0 Å². The van der Waals surface area contributed by atoms with Crippen molar-refractivity contribution in [1.82, 2.24) is 0 Å². The molecule has 0 amide bonds. The molecule has 3 aromatic carbocycles. The molecule has 0 aliphatic carbocycles. The molecule has 5 nitrogen and oxygen atoms in total. The fourth-order valence-electron chi connectivity index (χ4n) is 3.98. The summed E-state index contributed by atoms with van der Waals surface area (Å²) in [5, 5.41) is 0.449. The number of rotatable bonds is 7. The average molecular weight is 470 g/mol. The number of nitrogens with zero attached hydrogens (tertiary/aromatic N) is 1. The first-order valence-corrected chi connectivity index (χ1v) is 12.4. The lowest BCUT2D eigenvalue weighted by Crippen LogP contribution is -2.39. The van der Waals surface area contributed by atoms with Crippen LogP contribution in [0, 0.1) is 0 Å². The van der Waals surface area contributed by atoms with Gasteiger partial charge in [0, 0.05) is 10.6 Å². The SMILES string of the molecule is CCCCOC(=O)CC1c2ccccc2-c2ccccc2N1S(=O)(=O)c1ccc(Cl)cc1. The van der Waals surface area contributed by atoms with E-state index in [9.17, 15) is 13.2 Å². The summed E-state index contributed by atoms with van der Waals surface area (Å²) in [7, 11) is -3.99. The molecule has 0 radical (unpaired) electrons. The number of carbonyl (C=O) groups is 1. The second kappa shape index (κ2) is 9.35. The van der Waals surface area contributed by atoms with Crippen LogP contribution >= 0.6 is 11.6 Å². The van der Waals surface area contributed by atoms with Gasteiger partial charge < -0.3 is 4.74 Å². The molecular weight excluding hydrogens is 446 g/mol. The number of benzene rings is 3. The fraction of sp³-hybridized carbons (Fsp3) is 0.240. The van der Waals surface area contributed by atoms with Crippen LogP contribution in [-0.4, -0.2) is 21.0 Å². The van der Waals surface area contributed by atoms with Crippen LogP contribution in [0.3, 0.4) is 0 Å². The Balaban J connectivity index is 1.84. The van der Waals surface area contributed by atoms with Crippen LogP contribution in [0.5, 0.6) is 0 Å². The Morgan fingerprint density at radius 1 is 0.969 bits per heavy atom. The topological polar surface area (TPSA) is 63.7 Å². The first kappa shape index (κ1) is 22.4. The molecule has 4 rings (SSSR count). The first-order valence-electron chi connectivity index (χ1n) is 10.6. The van der Waals surface area contributed by atoms with Crippen molar-refractivity contribution in [3.05, 3.63) is 83.4 Å². The van der Waals surface area contributed by atoms with Crippen LogP contribution in [0.25, 0.3) is 11.1 Å². The number of anilines is 1. The lowest BCUT2D eigenvalue weighted by molar-refractivity contribution is -0.144. The van der Waals surface area contributed by atoms with E-state index in [0.29, 0.717) is 17.3 Å². The number of carbonyl (C=O) groups excluding carboxylic acids is 1. The van der Waals surface area contributed by atoms with Crippen molar-refractivity contribution >= 4 is 33.3 Å². The molecule has 1 aliphatic heterocycles. The van der Waals surface area contributed by atoms with Gasteiger partial charge in [0.1, 0.15) is 0 Å². The summed E-state index contributed by atoms with van der Waals surface area (Å²) >= 11 is 5.98. The van der Waals surface area contributed by atoms with Gasteiger partial charge in [-0.05, 0) is 47.9 Å². The standard InChI is InChI=1S/C25H24ClNO4S/c1-2-3-16-31-25(28)17-24-22-10-5-4-8-20(22)21-9-6-7-11-23(21)27(24)32(29,30)19-14-12-18(26)13-15-19/h4-15,24H,2-3,16-17H2,1H3.